The number of halogens is 1. The number of nitrogens with zero attached hydrogens (tertiary/aromatic N) is 3. The van der Waals surface area contributed by atoms with Crippen molar-refractivity contribution in [2.45, 2.75) is 11.8 Å². The van der Waals surface area contributed by atoms with Crippen LogP contribution in [0.2, 0.25) is 0 Å². The minimum Gasteiger partial charge on any atom is -0.497 e. The zero-order chi connectivity index (χ0) is 26.5. The van der Waals surface area contributed by atoms with Crippen LogP contribution < -0.4 is 19.2 Å². The minimum absolute atomic E-state index is 0.0406. The van der Waals surface area contributed by atoms with Crippen LogP contribution in [0.4, 0.5) is 11.4 Å². The number of sulfonamides is 1. The van der Waals surface area contributed by atoms with Gasteiger partial charge in [0.15, 0.2) is 4.90 Å². The average molecular weight is 581 g/mol. The molecule has 1 heterocycles. The Hall–Kier alpha value is -3.91. The molecule has 0 aliphatic heterocycles. The van der Waals surface area contributed by atoms with Crippen molar-refractivity contribution in [3.05, 3.63) is 74.6 Å². The Morgan fingerprint density at radius 1 is 1.22 bits per heavy atom. The predicted octanol–water partition coefficient (Wildman–Crippen LogP) is 3.62. The van der Waals surface area contributed by atoms with Crippen LogP contribution in [0.25, 0.3) is 0 Å². The van der Waals surface area contributed by atoms with Gasteiger partial charge in [-0.15, -0.1) is 0 Å². The molecule has 0 saturated heterocycles. The first-order chi connectivity index (χ1) is 17.1. The maximum absolute atomic E-state index is 13.6. The summed E-state index contributed by atoms with van der Waals surface area (Å²) in [6, 6.07) is 10.7. The van der Waals surface area contributed by atoms with Crippen LogP contribution >= 0.6 is 15.9 Å². The van der Waals surface area contributed by atoms with E-state index in [1.54, 1.807) is 13.0 Å². The predicted molar refractivity (Wildman–Crippen MR) is 134 cm³/mol. The molecular formula is C22H21BrN4O8S. The molecule has 0 aliphatic rings. The number of benzene rings is 2. The number of nitro groups is 1. The van der Waals surface area contributed by atoms with Crippen molar-refractivity contribution < 1.29 is 32.0 Å². The highest BCUT2D eigenvalue weighted by molar-refractivity contribution is 9.10. The summed E-state index contributed by atoms with van der Waals surface area (Å²) in [7, 11) is -1.90. The number of rotatable bonds is 10. The van der Waals surface area contributed by atoms with Crippen LogP contribution in [-0.2, 0) is 14.8 Å². The van der Waals surface area contributed by atoms with Crippen molar-refractivity contribution in [3.63, 3.8) is 0 Å². The molecule has 0 radical (unpaired) electrons. The third-order valence-electron chi connectivity index (χ3n) is 4.83. The van der Waals surface area contributed by atoms with Crippen molar-refractivity contribution in [3.8, 4) is 11.5 Å². The number of methoxy groups -OCH3 is 2. The highest BCUT2D eigenvalue weighted by Crippen LogP contribution is 2.37. The van der Waals surface area contributed by atoms with Gasteiger partial charge in [0.25, 0.3) is 21.6 Å². The standard InChI is InChI=1S/C22H21BrN4O8S/c1-14-17(23)10-16(35-14)12-24-25-22(28)13-26(18-9-8-15(33-2)11-20(18)34-3)36(31,32)21-7-5-4-6-19(21)27(29)30/h4-12H,13H2,1-3H3,(H,25,28)/b24-12-. The van der Waals surface area contributed by atoms with E-state index in [9.17, 15) is 23.3 Å². The number of anilines is 1. The molecule has 12 nitrogen and oxygen atoms in total. The van der Waals surface area contributed by atoms with E-state index in [2.05, 4.69) is 26.5 Å². The largest absolute Gasteiger partial charge is 0.497 e. The first-order valence-corrected chi connectivity index (χ1v) is 12.4. The molecule has 14 heteroatoms. The molecule has 0 fully saturated rings. The summed E-state index contributed by atoms with van der Waals surface area (Å²) in [4.78, 5) is 22.9. The molecular weight excluding hydrogens is 560 g/mol. The number of hydrazone groups is 1. The molecule has 0 atom stereocenters. The van der Waals surface area contributed by atoms with E-state index in [0.29, 0.717) is 26.0 Å². The molecule has 1 aromatic heterocycles. The molecule has 0 bridgehead atoms. The van der Waals surface area contributed by atoms with Crippen LogP contribution in [0, 0.1) is 17.0 Å². The van der Waals surface area contributed by atoms with Crippen LogP contribution in [0.15, 0.2) is 67.4 Å². The second-order valence-electron chi connectivity index (χ2n) is 7.12. The van der Waals surface area contributed by atoms with E-state index in [-0.39, 0.29) is 11.4 Å². The fourth-order valence-corrected chi connectivity index (χ4v) is 5.01. The number of aryl methyl sites for hydroxylation is 1. The quantitative estimate of drug-likeness (QED) is 0.216. The van der Waals surface area contributed by atoms with E-state index in [1.807, 2.05) is 0 Å². The number of hydrogen-bond acceptors (Lipinski definition) is 9. The number of carbonyl (C=O) groups is 1. The van der Waals surface area contributed by atoms with E-state index >= 15 is 0 Å². The SMILES string of the molecule is COc1ccc(N(CC(=O)N/N=C\c2cc(Br)c(C)o2)S(=O)(=O)c2ccccc2[N+](=O)[O-])c(OC)c1. The van der Waals surface area contributed by atoms with Gasteiger partial charge in [0, 0.05) is 18.2 Å². The lowest BCUT2D eigenvalue weighted by molar-refractivity contribution is -0.387. The van der Waals surface area contributed by atoms with Gasteiger partial charge in [0.1, 0.15) is 29.6 Å². The number of nitro benzene ring substituents is 1. The van der Waals surface area contributed by atoms with Gasteiger partial charge in [-0.2, -0.15) is 5.10 Å². The lowest BCUT2D eigenvalue weighted by Gasteiger charge is -2.25. The molecule has 2 aromatic carbocycles. The first-order valence-electron chi connectivity index (χ1n) is 10.1. The summed E-state index contributed by atoms with van der Waals surface area (Å²) < 4.78 is 44.6. The first kappa shape index (κ1) is 26.7. The average Bonchev–Trinajstić information content (AvgIpc) is 3.18. The van der Waals surface area contributed by atoms with Crippen LogP contribution in [-0.4, -0.2) is 46.2 Å². The molecule has 3 rings (SSSR count). The molecule has 0 unspecified atom stereocenters. The Morgan fingerprint density at radius 2 is 1.94 bits per heavy atom. The Bertz CT molecular complexity index is 1400. The number of nitrogens with one attached hydrogen (secondary N) is 1. The van der Waals surface area contributed by atoms with Crippen molar-refractivity contribution in [1.82, 2.24) is 5.43 Å². The van der Waals surface area contributed by atoms with Gasteiger partial charge < -0.3 is 13.9 Å². The normalized spacial score (nSPS) is 11.3. The molecule has 1 amide bonds. The number of carbonyl (C=O) groups excluding carboxylic acids is 1. The van der Waals surface area contributed by atoms with E-state index in [1.165, 1.54) is 50.8 Å². The topological polar surface area (TPSA) is 154 Å². The van der Waals surface area contributed by atoms with Crippen LogP contribution in [0.3, 0.4) is 0 Å². The van der Waals surface area contributed by atoms with E-state index < -0.39 is 38.0 Å². The van der Waals surface area contributed by atoms with Gasteiger partial charge >= 0.3 is 0 Å². The highest BCUT2D eigenvalue weighted by Gasteiger charge is 2.34. The molecule has 0 spiro atoms. The third kappa shape index (κ3) is 5.83. The maximum Gasteiger partial charge on any atom is 0.289 e. The number of ether oxygens (including phenoxy) is 2. The minimum atomic E-state index is -4.62. The second-order valence-corrected chi connectivity index (χ2v) is 9.81. The van der Waals surface area contributed by atoms with Gasteiger partial charge in [0.05, 0.1) is 35.5 Å². The Labute approximate surface area is 214 Å². The lowest BCUT2D eigenvalue weighted by Crippen LogP contribution is -2.40. The number of para-hydroxylation sites is 1. The summed E-state index contributed by atoms with van der Waals surface area (Å²) in [5.41, 5.74) is 1.54. The summed E-state index contributed by atoms with van der Waals surface area (Å²) in [6.07, 6.45) is 1.24. The molecule has 0 aliphatic carbocycles. The van der Waals surface area contributed by atoms with Crippen LogP contribution in [0.1, 0.15) is 11.5 Å². The number of furan rings is 1. The van der Waals surface area contributed by atoms with Crippen molar-refractivity contribution in [1.29, 1.82) is 0 Å². The fraction of sp³-hybridized carbons (Fsp3) is 0.182. The summed E-state index contributed by atoms with van der Waals surface area (Å²) in [5, 5.41) is 15.3. The molecule has 1 N–H and O–H groups in total. The van der Waals surface area contributed by atoms with Gasteiger partial charge in [-0.25, -0.2) is 13.8 Å². The van der Waals surface area contributed by atoms with Gasteiger partial charge in [-0.05, 0) is 41.1 Å². The van der Waals surface area contributed by atoms with Gasteiger partial charge in [0.2, 0.25) is 0 Å². The smallest absolute Gasteiger partial charge is 0.289 e. The fourth-order valence-electron chi connectivity index (χ4n) is 3.11. The lowest BCUT2D eigenvalue weighted by atomic mass is 10.2. The van der Waals surface area contributed by atoms with Gasteiger partial charge in [-0.1, -0.05) is 12.1 Å². The molecule has 190 valence electrons. The number of hydrogen-bond donors (Lipinski definition) is 1. The van der Waals surface area contributed by atoms with Crippen molar-refractivity contribution in [2.24, 2.45) is 5.10 Å². The van der Waals surface area contributed by atoms with Crippen LogP contribution in [0.5, 0.6) is 11.5 Å². The second kappa shape index (κ2) is 11.2. The highest BCUT2D eigenvalue weighted by atomic mass is 79.9. The van der Waals surface area contributed by atoms with Crippen molar-refractivity contribution in [2.75, 3.05) is 25.1 Å². The Kier molecular flexibility index (Phi) is 8.32. The summed E-state index contributed by atoms with van der Waals surface area (Å²) >= 11 is 3.29. The zero-order valence-corrected chi connectivity index (χ0v) is 21.7. The maximum atomic E-state index is 13.6. The Morgan fingerprint density at radius 3 is 2.56 bits per heavy atom. The van der Waals surface area contributed by atoms with E-state index in [4.69, 9.17) is 13.9 Å². The molecule has 3 aromatic rings. The van der Waals surface area contributed by atoms with E-state index in [0.717, 1.165) is 12.1 Å². The summed E-state index contributed by atoms with van der Waals surface area (Å²) in [5.74, 6) is 0.557. The third-order valence-corrected chi connectivity index (χ3v) is 7.42. The molecule has 0 saturated carbocycles. The Balaban J connectivity index is 2.01. The zero-order valence-electron chi connectivity index (χ0n) is 19.3. The monoisotopic (exact) mass is 580 g/mol. The molecule has 36 heavy (non-hydrogen) atoms. The van der Waals surface area contributed by atoms with Gasteiger partial charge in [-0.3, -0.25) is 19.2 Å². The number of amides is 1. The summed E-state index contributed by atoms with van der Waals surface area (Å²) in [6.45, 7) is 0.961. The van der Waals surface area contributed by atoms with Crippen molar-refractivity contribution >= 4 is 49.4 Å².